The Bertz CT molecular complexity index is 923. The number of amides is 1. The highest BCUT2D eigenvalue weighted by Crippen LogP contribution is 2.23. The zero-order valence-electron chi connectivity index (χ0n) is 13.7. The van der Waals surface area contributed by atoms with Crippen molar-refractivity contribution >= 4 is 40.1 Å². The van der Waals surface area contributed by atoms with Crippen LogP contribution in [0.25, 0.3) is 10.8 Å². The minimum atomic E-state index is -0.429. The quantitative estimate of drug-likeness (QED) is 0.548. The molecule has 5 heteroatoms. The van der Waals surface area contributed by atoms with Crippen LogP contribution in [0.3, 0.4) is 0 Å². The van der Waals surface area contributed by atoms with Crippen molar-refractivity contribution in [3.05, 3.63) is 72.3 Å². The third kappa shape index (κ3) is 4.39. The topological polar surface area (TPSA) is 55.4 Å². The number of rotatable bonds is 5. The molecule has 0 heterocycles. The van der Waals surface area contributed by atoms with E-state index < -0.39 is 5.97 Å². The number of hydrogen-bond donors (Lipinski definition) is 1. The molecule has 126 valence electrons. The standard InChI is InChI=1S/C20H17NO3S/c1-24-20(23)16-7-4-8-17(11-16)21-19(22)13-25-18-10-9-14-5-2-3-6-15(14)12-18/h2-12H,13H2,1H3,(H,21,22). The molecule has 0 fully saturated rings. The molecule has 0 aliphatic carbocycles. The Labute approximate surface area is 150 Å². The van der Waals surface area contributed by atoms with Crippen LogP contribution in [0.4, 0.5) is 5.69 Å². The van der Waals surface area contributed by atoms with Gasteiger partial charge in [0.2, 0.25) is 5.91 Å². The van der Waals surface area contributed by atoms with Crippen molar-refractivity contribution < 1.29 is 14.3 Å². The van der Waals surface area contributed by atoms with Gasteiger partial charge in [-0.05, 0) is 41.1 Å². The number of anilines is 1. The van der Waals surface area contributed by atoms with Crippen LogP contribution in [-0.2, 0) is 9.53 Å². The number of nitrogens with one attached hydrogen (secondary N) is 1. The van der Waals surface area contributed by atoms with Crippen LogP contribution in [-0.4, -0.2) is 24.7 Å². The monoisotopic (exact) mass is 351 g/mol. The zero-order valence-corrected chi connectivity index (χ0v) is 14.5. The van der Waals surface area contributed by atoms with Crippen LogP contribution in [0.1, 0.15) is 10.4 Å². The zero-order chi connectivity index (χ0) is 17.6. The Kier molecular flexibility index (Phi) is 5.36. The highest BCUT2D eigenvalue weighted by Gasteiger charge is 2.08. The van der Waals surface area contributed by atoms with Crippen LogP contribution in [0.2, 0.25) is 0 Å². The van der Waals surface area contributed by atoms with E-state index in [9.17, 15) is 9.59 Å². The summed E-state index contributed by atoms with van der Waals surface area (Å²) in [5, 5.41) is 5.13. The molecule has 0 aliphatic rings. The molecule has 0 aliphatic heterocycles. The molecule has 0 aromatic heterocycles. The predicted octanol–water partition coefficient (Wildman–Crippen LogP) is 4.36. The van der Waals surface area contributed by atoms with Gasteiger partial charge in [0.15, 0.2) is 0 Å². The summed E-state index contributed by atoms with van der Waals surface area (Å²) in [5.41, 5.74) is 0.981. The second kappa shape index (κ2) is 7.85. The van der Waals surface area contributed by atoms with Crippen LogP contribution in [0, 0.1) is 0 Å². The van der Waals surface area contributed by atoms with Gasteiger partial charge in [0.25, 0.3) is 0 Å². The number of thioether (sulfide) groups is 1. The Hall–Kier alpha value is -2.79. The third-order valence-corrected chi connectivity index (χ3v) is 4.65. The summed E-state index contributed by atoms with van der Waals surface area (Å²) in [6.45, 7) is 0. The molecular weight excluding hydrogens is 334 g/mol. The van der Waals surface area contributed by atoms with Gasteiger partial charge in [0, 0.05) is 10.6 Å². The fourth-order valence-electron chi connectivity index (χ4n) is 2.44. The fraction of sp³-hybridized carbons (Fsp3) is 0.100. The van der Waals surface area contributed by atoms with E-state index in [-0.39, 0.29) is 5.91 Å². The lowest BCUT2D eigenvalue weighted by Crippen LogP contribution is -2.14. The maximum absolute atomic E-state index is 12.2. The second-order valence-electron chi connectivity index (χ2n) is 5.42. The van der Waals surface area contributed by atoms with Crippen molar-refractivity contribution in [1.82, 2.24) is 0 Å². The molecule has 1 amide bonds. The minimum absolute atomic E-state index is 0.125. The van der Waals surface area contributed by atoms with E-state index in [0.29, 0.717) is 17.0 Å². The first-order valence-electron chi connectivity index (χ1n) is 7.75. The molecule has 0 unspecified atom stereocenters. The molecule has 0 spiro atoms. The predicted molar refractivity (Wildman–Crippen MR) is 101 cm³/mol. The van der Waals surface area contributed by atoms with Crippen molar-refractivity contribution in [2.24, 2.45) is 0 Å². The largest absolute Gasteiger partial charge is 0.465 e. The minimum Gasteiger partial charge on any atom is -0.465 e. The van der Waals surface area contributed by atoms with Crippen molar-refractivity contribution in [3.8, 4) is 0 Å². The number of carbonyl (C=O) groups is 2. The summed E-state index contributed by atoms with van der Waals surface area (Å²) in [4.78, 5) is 24.7. The average Bonchev–Trinajstić information content (AvgIpc) is 2.65. The van der Waals surface area contributed by atoms with Gasteiger partial charge in [-0.3, -0.25) is 4.79 Å². The van der Waals surface area contributed by atoms with Gasteiger partial charge in [-0.15, -0.1) is 11.8 Å². The van der Waals surface area contributed by atoms with E-state index in [4.69, 9.17) is 0 Å². The summed E-state index contributed by atoms with van der Waals surface area (Å²) in [7, 11) is 1.33. The Morgan fingerprint density at radius 2 is 1.76 bits per heavy atom. The first-order chi connectivity index (χ1) is 12.2. The Morgan fingerprint density at radius 1 is 0.960 bits per heavy atom. The molecule has 0 radical (unpaired) electrons. The molecule has 3 aromatic rings. The summed E-state index contributed by atoms with van der Waals surface area (Å²) >= 11 is 1.47. The van der Waals surface area contributed by atoms with Crippen molar-refractivity contribution in [2.75, 3.05) is 18.2 Å². The first-order valence-corrected chi connectivity index (χ1v) is 8.74. The Balaban J connectivity index is 1.61. The number of fused-ring (bicyclic) bond motifs is 1. The van der Waals surface area contributed by atoms with E-state index >= 15 is 0 Å². The second-order valence-corrected chi connectivity index (χ2v) is 6.47. The van der Waals surface area contributed by atoms with Gasteiger partial charge in [-0.25, -0.2) is 4.79 Å². The highest BCUT2D eigenvalue weighted by molar-refractivity contribution is 8.00. The molecule has 4 nitrogen and oxygen atoms in total. The number of hydrogen-bond acceptors (Lipinski definition) is 4. The van der Waals surface area contributed by atoms with Gasteiger partial charge in [0.05, 0.1) is 18.4 Å². The first kappa shape index (κ1) is 17.0. The molecule has 0 atom stereocenters. The van der Waals surface area contributed by atoms with Gasteiger partial charge in [-0.2, -0.15) is 0 Å². The smallest absolute Gasteiger partial charge is 0.337 e. The lowest BCUT2D eigenvalue weighted by Gasteiger charge is -2.07. The van der Waals surface area contributed by atoms with Crippen LogP contribution < -0.4 is 5.32 Å². The van der Waals surface area contributed by atoms with Crippen molar-refractivity contribution in [1.29, 1.82) is 0 Å². The molecule has 0 bridgehead atoms. The molecular formula is C20H17NO3S. The lowest BCUT2D eigenvalue weighted by molar-refractivity contribution is -0.113. The van der Waals surface area contributed by atoms with Crippen molar-refractivity contribution in [3.63, 3.8) is 0 Å². The molecule has 25 heavy (non-hydrogen) atoms. The van der Waals surface area contributed by atoms with Crippen LogP contribution in [0.5, 0.6) is 0 Å². The van der Waals surface area contributed by atoms with Gasteiger partial charge >= 0.3 is 5.97 Å². The van der Waals surface area contributed by atoms with Crippen molar-refractivity contribution in [2.45, 2.75) is 4.90 Å². The highest BCUT2D eigenvalue weighted by atomic mass is 32.2. The van der Waals surface area contributed by atoms with Gasteiger partial charge in [0.1, 0.15) is 0 Å². The molecule has 0 saturated carbocycles. The number of ether oxygens (including phenoxy) is 1. The average molecular weight is 351 g/mol. The maximum atomic E-state index is 12.2. The van der Waals surface area contributed by atoms with Gasteiger partial charge < -0.3 is 10.1 Å². The normalized spacial score (nSPS) is 10.4. The SMILES string of the molecule is COC(=O)c1cccc(NC(=O)CSc2ccc3ccccc3c2)c1. The number of benzene rings is 3. The van der Waals surface area contributed by atoms with E-state index in [1.165, 1.54) is 24.3 Å². The molecule has 0 saturated heterocycles. The number of methoxy groups -OCH3 is 1. The van der Waals surface area contributed by atoms with E-state index in [0.717, 1.165) is 10.3 Å². The summed E-state index contributed by atoms with van der Waals surface area (Å²) in [6, 6.07) is 20.9. The summed E-state index contributed by atoms with van der Waals surface area (Å²) in [5.74, 6) is -0.261. The van der Waals surface area contributed by atoms with E-state index in [1.807, 2.05) is 18.2 Å². The Morgan fingerprint density at radius 3 is 2.56 bits per heavy atom. The molecule has 3 rings (SSSR count). The summed E-state index contributed by atoms with van der Waals surface area (Å²) in [6.07, 6.45) is 0. The third-order valence-electron chi connectivity index (χ3n) is 3.66. The summed E-state index contributed by atoms with van der Waals surface area (Å²) < 4.78 is 4.68. The lowest BCUT2D eigenvalue weighted by atomic mass is 10.1. The van der Waals surface area contributed by atoms with Crippen LogP contribution >= 0.6 is 11.8 Å². The van der Waals surface area contributed by atoms with E-state index in [1.54, 1.807) is 24.3 Å². The van der Waals surface area contributed by atoms with Gasteiger partial charge in [-0.1, -0.05) is 36.4 Å². The number of esters is 1. The molecule has 3 aromatic carbocycles. The fourth-order valence-corrected chi connectivity index (χ4v) is 3.19. The maximum Gasteiger partial charge on any atom is 0.337 e. The number of carbonyl (C=O) groups excluding carboxylic acids is 2. The van der Waals surface area contributed by atoms with Crippen LogP contribution in [0.15, 0.2) is 71.6 Å². The molecule has 1 N–H and O–H groups in total. The van der Waals surface area contributed by atoms with E-state index in [2.05, 4.69) is 34.3 Å².